The largest absolute Gasteiger partial charge is 0.337 e. The van der Waals surface area contributed by atoms with Crippen molar-refractivity contribution in [2.24, 2.45) is 0 Å². The Morgan fingerprint density at radius 1 is 1.40 bits per heavy atom. The van der Waals surface area contributed by atoms with E-state index in [1.807, 2.05) is 24.8 Å². The smallest absolute Gasteiger partial charge is 0.272 e. The number of aryl methyl sites for hydroxylation is 2. The summed E-state index contributed by atoms with van der Waals surface area (Å²) in [6, 6.07) is 2.16. The molecule has 1 aliphatic rings. The van der Waals surface area contributed by atoms with Crippen molar-refractivity contribution in [3.63, 3.8) is 0 Å². The van der Waals surface area contributed by atoms with Crippen LogP contribution in [0.1, 0.15) is 67.6 Å². The molecule has 0 unspecified atom stereocenters. The average molecular weight is 363 g/mol. The maximum atomic E-state index is 12.8. The van der Waals surface area contributed by atoms with Gasteiger partial charge in [-0.3, -0.25) is 14.6 Å². The number of carbonyl (C=O) groups is 1. The van der Waals surface area contributed by atoms with Crippen LogP contribution < -0.4 is 0 Å². The lowest BCUT2D eigenvalue weighted by atomic mass is 9.95. The average Bonchev–Trinajstić information content (AvgIpc) is 3.17. The molecule has 3 rings (SSSR count). The van der Waals surface area contributed by atoms with Crippen molar-refractivity contribution in [2.45, 2.75) is 59.0 Å². The summed E-state index contributed by atoms with van der Waals surface area (Å²) in [6.07, 6.45) is 1.80. The molecule has 25 heavy (non-hydrogen) atoms. The summed E-state index contributed by atoms with van der Waals surface area (Å²) in [5, 5.41) is 11.7. The SMILES string of the molecule is CCn1nc(C)cc1C(=O)N1CCC(c2n[nH]c(=S)n2C(C)C)CC1. The highest BCUT2D eigenvalue weighted by molar-refractivity contribution is 7.71. The molecule has 2 aromatic rings. The predicted octanol–water partition coefficient (Wildman–Crippen LogP) is 3.07. The molecule has 8 heteroatoms. The molecule has 1 fully saturated rings. The number of H-pyrrole nitrogens is 1. The Hall–Kier alpha value is -1.96. The van der Waals surface area contributed by atoms with Gasteiger partial charge >= 0.3 is 0 Å². The van der Waals surface area contributed by atoms with E-state index < -0.39 is 0 Å². The number of aromatic amines is 1. The molecule has 1 saturated heterocycles. The highest BCUT2D eigenvalue weighted by Crippen LogP contribution is 2.29. The topological polar surface area (TPSA) is 71.7 Å². The van der Waals surface area contributed by atoms with Crippen molar-refractivity contribution in [3.8, 4) is 0 Å². The van der Waals surface area contributed by atoms with Crippen LogP contribution in [0, 0.1) is 11.7 Å². The summed E-state index contributed by atoms with van der Waals surface area (Å²) >= 11 is 5.35. The second-order valence-corrected chi connectivity index (χ2v) is 7.29. The van der Waals surface area contributed by atoms with E-state index in [-0.39, 0.29) is 11.9 Å². The summed E-state index contributed by atoms with van der Waals surface area (Å²) in [5.74, 6) is 1.42. The van der Waals surface area contributed by atoms with Gasteiger partial charge in [0.1, 0.15) is 11.5 Å². The molecule has 1 N–H and O–H groups in total. The van der Waals surface area contributed by atoms with E-state index in [4.69, 9.17) is 12.2 Å². The monoisotopic (exact) mass is 362 g/mol. The minimum Gasteiger partial charge on any atom is -0.337 e. The Labute approximate surface area is 153 Å². The summed E-state index contributed by atoms with van der Waals surface area (Å²) < 4.78 is 4.55. The number of piperidine rings is 1. The number of rotatable bonds is 4. The van der Waals surface area contributed by atoms with Crippen molar-refractivity contribution in [1.29, 1.82) is 0 Å². The van der Waals surface area contributed by atoms with Crippen molar-refractivity contribution in [1.82, 2.24) is 29.4 Å². The van der Waals surface area contributed by atoms with Gasteiger partial charge in [-0.05, 0) is 58.8 Å². The number of aromatic nitrogens is 5. The maximum Gasteiger partial charge on any atom is 0.272 e. The zero-order chi connectivity index (χ0) is 18.1. The zero-order valence-corrected chi connectivity index (χ0v) is 16.1. The van der Waals surface area contributed by atoms with Gasteiger partial charge in [0, 0.05) is 31.6 Å². The fourth-order valence-corrected chi connectivity index (χ4v) is 3.92. The van der Waals surface area contributed by atoms with E-state index >= 15 is 0 Å². The summed E-state index contributed by atoms with van der Waals surface area (Å²) in [5.41, 5.74) is 1.57. The molecular weight excluding hydrogens is 336 g/mol. The Balaban J connectivity index is 1.72. The minimum absolute atomic E-state index is 0.0728. The van der Waals surface area contributed by atoms with Crippen LogP contribution in [0.3, 0.4) is 0 Å². The summed E-state index contributed by atoms with van der Waals surface area (Å²) in [4.78, 5) is 14.8. The maximum absolute atomic E-state index is 12.8. The quantitative estimate of drug-likeness (QED) is 0.849. The first kappa shape index (κ1) is 17.8. The normalized spacial score (nSPS) is 16.0. The molecule has 0 aromatic carbocycles. The molecule has 136 valence electrons. The molecule has 2 aromatic heterocycles. The standard InChI is InChI=1S/C17H26N6OS/c1-5-22-14(10-12(4)20-22)16(24)21-8-6-13(7-9-21)15-18-19-17(25)23(15)11(2)3/h10-11,13H,5-9H2,1-4H3,(H,19,25). The molecule has 0 radical (unpaired) electrons. The predicted molar refractivity (Wildman–Crippen MR) is 98.3 cm³/mol. The highest BCUT2D eigenvalue weighted by Gasteiger charge is 2.29. The fraction of sp³-hybridized carbons (Fsp3) is 0.647. The third-order valence-electron chi connectivity index (χ3n) is 4.82. The number of carbonyl (C=O) groups excluding carboxylic acids is 1. The Bertz CT molecular complexity index is 809. The van der Waals surface area contributed by atoms with Crippen molar-refractivity contribution < 1.29 is 4.79 Å². The molecular formula is C17H26N6OS. The van der Waals surface area contributed by atoms with Crippen LogP contribution in [0.4, 0.5) is 0 Å². The second-order valence-electron chi connectivity index (χ2n) is 6.90. The van der Waals surface area contributed by atoms with Crippen LogP contribution in [0.2, 0.25) is 0 Å². The van der Waals surface area contributed by atoms with E-state index in [1.54, 1.807) is 4.68 Å². The number of likely N-dealkylation sites (tertiary alicyclic amines) is 1. The van der Waals surface area contributed by atoms with Crippen LogP contribution in [-0.2, 0) is 6.54 Å². The number of hydrogen-bond donors (Lipinski definition) is 1. The van der Waals surface area contributed by atoms with E-state index in [9.17, 15) is 4.79 Å². The molecule has 1 amide bonds. The first-order valence-electron chi connectivity index (χ1n) is 8.92. The van der Waals surface area contributed by atoms with Crippen molar-refractivity contribution >= 4 is 18.1 Å². The van der Waals surface area contributed by atoms with Crippen LogP contribution in [0.25, 0.3) is 0 Å². The molecule has 0 saturated carbocycles. The number of amides is 1. The van der Waals surface area contributed by atoms with E-state index in [1.165, 1.54) is 0 Å². The third-order valence-corrected chi connectivity index (χ3v) is 5.10. The minimum atomic E-state index is 0.0728. The first-order valence-corrected chi connectivity index (χ1v) is 9.33. The Kier molecular flexibility index (Phi) is 5.08. The first-order chi connectivity index (χ1) is 11.9. The second kappa shape index (κ2) is 7.11. The van der Waals surface area contributed by atoms with Gasteiger partial charge in [-0.25, -0.2) is 0 Å². The van der Waals surface area contributed by atoms with E-state index in [2.05, 4.69) is 33.7 Å². The van der Waals surface area contributed by atoms with Gasteiger partial charge in [0.15, 0.2) is 4.77 Å². The summed E-state index contributed by atoms with van der Waals surface area (Å²) in [6.45, 7) is 10.3. The zero-order valence-electron chi connectivity index (χ0n) is 15.3. The van der Waals surface area contributed by atoms with Gasteiger partial charge in [-0.2, -0.15) is 10.2 Å². The molecule has 1 aliphatic heterocycles. The Morgan fingerprint density at radius 2 is 2.08 bits per heavy atom. The lowest BCUT2D eigenvalue weighted by molar-refractivity contribution is 0.0697. The molecule has 0 bridgehead atoms. The molecule has 7 nitrogen and oxygen atoms in total. The molecule has 0 aliphatic carbocycles. The van der Waals surface area contributed by atoms with Gasteiger partial charge in [0.2, 0.25) is 0 Å². The van der Waals surface area contributed by atoms with E-state index in [0.29, 0.717) is 22.9 Å². The summed E-state index contributed by atoms with van der Waals surface area (Å²) in [7, 11) is 0. The van der Waals surface area contributed by atoms with Gasteiger partial charge in [0.05, 0.1) is 5.69 Å². The number of nitrogens with zero attached hydrogens (tertiary/aromatic N) is 5. The lowest BCUT2D eigenvalue weighted by Crippen LogP contribution is -2.39. The van der Waals surface area contributed by atoms with Gasteiger partial charge < -0.3 is 9.47 Å². The van der Waals surface area contributed by atoms with Gasteiger partial charge in [0.25, 0.3) is 5.91 Å². The van der Waals surface area contributed by atoms with Crippen molar-refractivity contribution in [2.75, 3.05) is 13.1 Å². The van der Waals surface area contributed by atoms with Gasteiger partial charge in [-0.15, -0.1) is 0 Å². The molecule has 3 heterocycles. The third kappa shape index (κ3) is 3.40. The number of hydrogen-bond acceptors (Lipinski definition) is 4. The van der Waals surface area contributed by atoms with E-state index in [0.717, 1.165) is 37.4 Å². The van der Waals surface area contributed by atoms with Crippen molar-refractivity contribution in [3.05, 3.63) is 28.0 Å². The molecule has 0 spiro atoms. The van der Waals surface area contributed by atoms with Crippen LogP contribution >= 0.6 is 12.2 Å². The number of nitrogens with one attached hydrogen (secondary N) is 1. The van der Waals surface area contributed by atoms with Gasteiger partial charge in [-0.1, -0.05) is 0 Å². The lowest BCUT2D eigenvalue weighted by Gasteiger charge is -2.32. The van der Waals surface area contributed by atoms with Crippen LogP contribution in [0.15, 0.2) is 6.07 Å². The molecule has 0 atom stereocenters. The Morgan fingerprint density at radius 3 is 2.68 bits per heavy atom. The highest BCUT2D eigenvalue weighted by atomic mass is 32.1. The van der Waals surface area contributed by atoms with Crippen LogP contribution in [0.5, 0.6) is 0 Å². The fourth-order valence-electron chi connectivity index (χ4n) is 3.57. The van der Waals surface area contributed by atoms with Crippen LogP contribution in [-0.4, -0.2) is 48.4 Å².